The van der Waals surface area contributed by atoms with Gasteiger partial charge in [0, 0.05) is 0 Å². The zero-order valence-electron chi connectivity index (χ0n) is 13.5. The van der Waals surface area contributed by atoms with Crippen molar-refractivity contribution in [2.45, 2.75) is 32.3 Å². The van der Waals surface area contributed by atoms with Gasteiger partial charge in [-0.25, -0.2) is 0 Å². The Hall–Kier alpha value is -1.23. The summed E-state index contributed by atoms with van der Waals surface area (Å²) < 4.78 is 30.2. The van der Waals surface area contributed by atoms with Crippen LogP contribution in [0.3, 0.4) is 0 Å². The first-order chi connectivity index (χ1) is 12.0. The Kier molecular flexibility index (Phi) is 5.92. The molecule has 0 saturated heterocycles. The molecular weight excluding hydrogens is 455 g/mol. The van der Waals surface area contributed by atoms with E-state index in [9.17, 15) is 13.6 Å². The van der Waals surface area contributed by atoms with E-state index in [0.29, 0.717) is 0 Å². The fourth-order valence-corrected chi connectivity index (χ4v) is 5.58. The Morgan fingerprint density at radius 3 is 2.68 bits per heavy atom. The van der Waals surface area contributed by atoms with Crippen molar-refractivity contribution in [1.29, 1.82) is 0 Å². The summed E-state index contributed by atoms with van der Waals surface area (Å²) in [6.45, 7) is 1.92. The summed E-state index contributed by atoms with van der Waals surface area (Å²) in [7, 11) is 0. The van der Waals surface area contributed by atoms with Crippen LogP contribution in [-0.4, -0.2) is 27.8 Å². The number of hydrogen-bond acceptors (Lipinski definition) is 2. The number of carbonyl (C=O) groups is 1. The predicted molar refractivity (Wildman–Crippen MR) is 97.8 cm³/mol. The van der Waals surface area contributed by atoms with Crippen molar-refractivity contribution in [3.8, 4) is 0 Å². The van der Waals surface area contributed by atoms with Gasteiger partial charge in [-0.3, -0.25) is 0 Å². The third kappa shape index (κ3) is 4.30. The number of aryl methyl sites for hydroxylation is 1. The Labute approximate surface area is 159 Å². The van der Waals surface area contributed by atoms with Gasteiger partial charge in [0.05, 0.1) is 0 Å². The molecule has 2 aromatic rings. The zero-order chi connectivity index (χ0) is 18.0. The van der Waals surface area contributed by atoms with E-state index < -0.39 is 33.3 Å². The molecule has 1 unspecified atom stereocenters. The second-order valence-electron chi connectivity index (χ2n) is 5.97. The maximum absolute atomic E-state index is 14.4. The van der Waals surface area contributed by atoms with Crippen molar-refractivity contribution in [1.82, 2.24) is 5.48 Å². The Morgan fingerprint density at radius 2 is 2.04 bits per heavy atom. The standard InChI is InChI=1S/C18H17AsBrF2NO2/c1-10-9-11(20)5-7-14(10)19-16-13(6-8-15(21)17(16)22)18(24)23-25-12-3-2-4-12/h5-9,12,19H,2-4H2,1H3,(H,23,24). The fraction of sp³-hybridized carbons (Fsp3) is 0.278. The van der Waals surface area contributed by atoms with Gasteiger partial charge in [-0.05, 0) is 0 Å². The molecular formula is C18H17AsBrF2NO2. The second-order valence-corrected chi connectivity index (χ2v) is 9.59. The van der Waals surface area contributed by atoms with Crippen molar-refractivity contribution in [2.75, 3.05) is 0 Å². The molecule has 3 nitrogen and oxygen atoms in total. The first-order valence-corrected chi connectivity index (χ1v) is 10.8. The zero-order valence-corrected chi connectivity index (χ0v) is 17.2. The molecule has 0 aromatic heterocycles. The summed E-state index contributed by atoms with van der Waals surface area (Å²) in [4.78, 5) is 17.7. The molecule has 3 rings (SSSR count). The van der Waals surface area contributed by atoms with Crippen molar-refractivity contribution in [3.05, 3.63) is 57.6 Å². The van der Waals surface area contributed by atoms with Gasteiger partial charge in [-0.1, -0.05) is 0 Å². The fourth-order valence-electron chi connectivity index (χ4n) is 2.44. The van der Waals surface area contributed by atoms with Gasteiger partial charge in [0.1, 0.15) is 0 Å². The quantitative estimate of drug-likeness (QED) is 0.537. The van der Waals surface area contributed by atoms with Gasteiger partial charge in [-0.15, -0.1) is 0 Å². The van der Waals surface area contributed by atoms with Crippen LogP contribution in [0, 0.1) is 18.6 Å². The van der Waals surface area contributed by atoms with Crippen LogP contribution in [-0.2, 0) is 4.84 Å². The summed E-state index contributed by atoms with van der Waals surface area (Å²) in [5.41, 5.74) is 3.50. The van der Waals surface area contributed by atoms with Crippen LogP contribution >= 0.6 is 15.9 Å². The van der Waals surface area contributed by atoms with Crippen molar-refractivity contribution >= 4 is 46.3 Å². The number of rotatable bonds is 5. The topological polar surface area (TPSA) is 38.3 Å². The van der Waals surface area contributed by atoms with Crippen LogP contribution in [0.5, 0.6) is 0 Å². The average Bonchev–Trinajstić information content (AvgIpc) is 2.52. The normalized spacial score (nSPS) is 14.7. The first-order valence-electron chi connectivity index (χ1n) is 7.93. The number of amides is 1. The number of halogens is 3. The number of hydrogen-bond donors (Lipinski definition) is 1. The van der Waals surface area contributed by atoms with Gasteiger partial charge < -0.3 is 0 Å². The number of benzene rings is 2. The van der Waals surface area contributed by atoms with E-state index in [4.69, 9.17) is 4.84 Å². The van der Waals surface area contributed by atoms with E-state index in [1.54, 1.807) is 0 Å². The number of nitrogens with one attached hydrogen (secondary N) is 1. The molecule has 1 amide bonds. The average molecular weight is 472 g/mol. The van der Waals surface area contributed by atoms with Gasteiger partial charge in [0.25, 0.3) is 0 Å². The molecule has 7 heteroatoms. The van der Waals surface area contributed by atoms with Crippen LogP contribution in [0.25, 0.3) is 0 Å². The molecule has 1 aliphatic rings. The SMILES string of the molecule is Cc1cc(Br)ccc1[AsH]c1c(C(=O)NOC2CCC2)ccc(F)c1F. The third-order valence-corrected chi connectivity index (χ3v) is 7.94. The minimum absolute atomic E-state index is 0.0161. The molecule has 1 N–H and O–H groups in total. The molecule has 0 spiro atoms. The Morgan fingerprint density at radius 1 is 1.28 bits per heavy atom. The van der Waals surface area contributed by atoms with Crippen molar-refractivity contribution in [3.63, 3.8) is 0 Å². The Balaban J connectivity index is 1.87. The summed E-state index contributed by atoms with van der Waals surface area (Å²) in [5.74, 6) is -2.41. The van der Waals surface area contributed by atoms with Crippen LogP contribution in [0.15, 0.2) is 34.8 Å². The monoisotopic (exact) mass is 471 g/mol. The van der Waals surface area contributed by atoms with E-state index in [1.807, 2.05) is 25.1 Å². The summed E-state index contributed by atoms with van der Waals surface area (Å²) in [6.07, 6.45) is 2.89. The molecule has 1 atom stereocenters. The van der Waals surface area contributed by atoms with Crippen LogP contribution in [0.1, 0.15) is 35.2 Å². The molecule has 0 bridgehead atoms. The molecule has 0 aliphatic heterocycles. The Bertz CT molecular complexity index is 812. The molecule has 1 fully saturated rings. The maximum atomic E-state index is 14.4. The molecule has 0 radical (unpaired) electrons. The van der Waals surface area contributed by atoms with E-state index in [-0.39, 0.29) is 16.0 Å². The van der Waals surface area contributed by atoms with E-state index in [1.165, 1.54) is 6.07 Å². The number of carbonyl (C=O) groups excluding carboxylic acids is 1. The van der Waals surface area contributed by atoms with Gasteiger partial charge in [0.15, 0.2) is 0 Å². The molecule has 0 heterocycles. The molecule has 2 aromatic carbocycles. The summed E-state index contributed by atoms with van der Waals surface area (Å²) >= 11 is 2.16. The second kappa shape index (κ2) is 7.98. The van der Waals surface area contributed by atoms with Gasteiger partial charge in [-0.2, -0.15) is 0 Å². The van der Waals surface area contributed by atoms with Gasteiger partial charge >= 0.3 is 160 Å². The molecule has 1 aliphatic carbocycles. The van der Waals surface area contributed by atoms with Crippen LogP contribution in [0.4, 0.5) is 8.78 Å². The van der Waals surface area contributed by atoms with E-state index in [2.05, 4.69) is 21.4 Å². The first kappa shape index (κ1) is 18.6. The minimum atomic E-state index is -1.23. The van der Waals surface area contributed by atoms with Crippen LogP contribution < -0.4 is 14.2 Å². The predicted octanol–water partition coefficient (Wildman–Crippen LogP) is 2.64. The number of hydroxylamine groups is 1. The molecule has 1 saturated carbocycles. The van der Waals surface area contributed by atoms with Gasteiger partial charge in [0.2, 0.25) is 0 Å². The molecule has 25 heavy (non-hydrogen) atoms. The van der Waals surface area contributed by atoms with Crippen LogP contribution in [0.2, 0.25) is 0 Å². The van der Waals surface area contributed by atoms with Crippen molar-refractivity contribution in [2.24, 2.45) is 0 Å². The third-order valence-electron chi connectivity index (χ3n) is 4.16. The van der Waals surface area contributed by atoms with Crippen molar-refractivity contribution < 1.29 is 18.4 Å². The summed E-state index contributed by atoms with van der Waals surface area (Å²) in [6, 6.07) is 7.98. The molecule has 132 valence electrons. The van der Waals surface area contributed by atoms with E-state index in [0.717, 1.165) is 39.7 Å². The van der Waals surface area contributed by atoms with E-state index >= 15 is 0 Å². The summed E-state index contributed by atoms with van der Waals surface area (Å²) in [5, 5.41) is 0.